The van der Waals surface area contributed by atoms with Crippen molar-refractivity contribution in [3.05, 3.63) is 46.4 Å². The van der Waals surface area contributed by atoms with Crippen LogP contribution in [-0.2, 0) is 0 Å². The number of carbonyl (C=O) groups excluding carboxylic acids is 1. The van der Waals surface area contributed by atoms with Gasteiger partial charge in [0.05, 0.1) is 5.01 Å². The first-order valence-corrected chi connectivity index (χ1v) is 8.31. The topological polar surface area (TPSA) is 82.5 Å². The maximum atomic E-state index is 12.2. The molecule has 0 saturated carbocycles. The van der Waals surface area contributed by atoms with Crippen LogP contribution in [0.3, 0.4) is 0 Å². The van der Waals surface area contributed by atoms with E-state index >= 15 is 0 Å². The molecule has 1 fully saturated rings. The normalized spacial score (nSPS) is 15.4. The summed E-state index contributed by atoms with van der Waals surface area (Å²) in [5.74, 6) is 0.00977. The predicted molar refractivity (Wildman–Crippen MR) is 88.1 cm³/mol. The van der Waals surface area contributed by atoms with Gasteiger partial charge in [-0.25, -0.2) is 9.78 Å². The van der Waals surface area contributed by atoms with Crippen LogP contribution in [0.2, 0.25) is 0 Å². The number of aromatic nitrogens is 1. The largest absolute Gasteiger partial charge is 0.465 e. The van der Waals surface area contributed by atoms with Crippen LogP contribution in [0.15, 0.2) is 35.7 Å². The highest BCUT2D eigenvalue weighted by molar-refractivity contribution is 7.09. The maximum absolute atomic E-state index is 12.2. The van der Waals surface area contributed by atoms with Crippen molar-refractivity contribution in [3.63, 3.8) is 0 Å². The molecule has 1 aliphatic rings. The molecule has 0 atom stereocenters. The maximum Gasteiger partial charge on any atom is 0.407 e. The number of amides is 2. The molecule has 1 aromatic carbocycles. The average molecular weight is 331 g/mol. The number of nitrogens with one attached hydrogen (secondary N) is 1. The van der Waals surface area contributed by atoms with Gasteiger partial charge in [-0.1, -0.05) is 18.2 Å². The number of carbonyl (C=O) groups is 2. The number of hydrogen-bond acceptors (Lipinski definition) is 4. The molecule has 6 nitrogen and oxygen atoms in total. The van der Waals surface area contributed by atoms with Crippen LogP contribution in [0.25, 0.3) is 0 Å². The SMILES string of the molecule is O=C(Nc1ccccc1)c1csc(C2CCN(C(=O)O)CC2)n1. The first kappa shape index (κ1) is 15.5. The Labute approximate surface area is 137 Å². The van der Waals surface area contributed by atoms with E-state index in [1.165, 1.54) is 16.2 Å². The number of benzene rings is 1. The summed E-state index contributed by atoms with van der Waals surface area (Å²) in [4.78, 5) is 29.0. The highest BCUT2D eigenvalue weighted by atomic mass is 32.1. The highest BCUT2D eigenvalue weighted by Gasteiger charge is 2.26. The average Bonchev–Trinajstić information content (AvgIpc) is 3.06. The fourth-order valence-corrected chi connectivity index (χ4v) is 3.59. The van der Waals surface area contributed by atoms with Crippen molar-refractivity contribution in [3.8, 4) is 0 Å². The van der Waals surface area contributed by atoms with Gasteiger partial charge in [0.2, 0.25) is 0 Å². The van der Waals surface area contributed by atoms with Gasteiger partial charge in [0.15, 0.2) is 0 Å². The minimum atomic E-state index is -0.870. The highest BCUT2D eigenvalue weighted by Crippen LogP contribution is 2.30. The molecule has 2 amide bonds. The van der Waals surface area contributed by atoms with E-state index in [0.717, 1.165) is 23.5 Å². The quantitative estimate of drug-likeness (QED) is 0.904. The monoisotopic (exact) mass is 331 g/mol. The Balaban J connectivity index is 1.62. The van der Waals surface area contributed by atoms with Gasteiger partial charge in [-0.15, -0.1) is 11.3 Å². The second-order valence-corrected chi connectivity index (χ2v) is 6.32. The van der Waals surface area contributed by atoms with Gasteiger partial charge in [0.25, 0.3) is 5.91 Å². The van der Waals surface area contributed by atoms with E-state index in [2.05, 4.69) is 10.3 Å². The van der Waals surface area contributed by atoms with E-state index in [-0.39, 0.29) is 11.8 Å². The predicted octanol–water partition coefficient (Wildman–Crippen LogP) is 3.25. The summed E-state index contributed by atoms with van der Waals surface area (Å²) >= 11 is 1.47. The van der Waals surface area contributed by atoms with E-state index in [0.29, 0.717) is 18.8 Å². The molecule has 7 heteroatoms. The Morgan fingerprint density at radius 1 is 1.22 bits per heavy atom. The number of anilines is 1. The second-order valence-electron chi connectivity index (χ2n) is 5.44. The Hall–Kier alpha value is -2.41. The van der Waals surface area contributed by atoms with Crippen molar-refractivity contribution in [1.29, 1.82) is 0 Å². The Bertz CT molecular complexity index is 694. The van der Waals surface area contributed by atoms with Crippen LogP contribution in [0.4, 0.5) is 10.5 Å². The molecule has 1 aromatic heterocycles. The van der Waals surface area contributed by atoms with E-state index in [9.17, 15) is 9.59 Å². The number of thiazole rings is 1. The standard InChI is InChI=1S/C16H17N3O3S/c20-14(17-12-4-2-1-3-5-12)13-10-23-15(18-13)11-6-8-19(9-7-11)16(21)22/h1-5,10-11H,6-9H2,(H,17,20)(H,21,22). The molecule has 2 aromatic rings. The van der Waals surface area contributed by atoms with Gasteiger partial charge in [0, 0.05) is 30.1 Å². The molecular formula is C16H17N3O3S. The molecule has 1 aliphatic heterocycles. The summed E-state index contributed by atoms with van der Waals surface area (Å²) in [5.41, 5.74) is 1.15. The Kier molecular flexibility index (Phi) is 4.57. The van der Waals surface area contributed by atoms with Crippen molar-refractivity contribution in [2.75, 3.05) is 18.4 Å². The molecule has 0 spiro atoms. The molecule has 0 aliphatic carbocycles. The van der Waals surface area contributed by atoms with Crippen molar-refractivity contribution in [1.82, 2.24) is 9.88 Å². The summed E-state index contributed by atoms with van der Waals surface area (Å²) in [6, 6.07) is 9.26. The first-order chi connectivity index (χ1) is 11.1. The van der Waals surface area contributed by atoms with Gasteiger partial charge in [-0.2, -0.15) is 0 Å². The van der Waals surface area contributed by atoms with Crippen molar-refractivity contribution >= 4 is 29.0 Å². The van der Waals surface area contributed by atoms with Gasteiger partial charge < -0.3 is 15.3 Å². The number of para-hydroxylation sites is 1. The van der Waals surface area contributed by atoms with E-state index in [1.54, 1.807) is 5.38 Å². The molecule has 0 radical (unpaired) electrons. The number of likely N-dealkylation sites (tertiary alicyclic amines) is 1. The van der Waals surface area contributed by atoms with Crippen LogP contribution >= 0.6 is 11.3 Å². The minimum absolute atomic E-state index is 0.221. The first-order valence-electron chi connectivity index (χ1n) is 7.43. The smallest absolute Gasteiger partial charge is 0.407 e. The molecular weight excluding hydrogens is 314 g/mol. The van der Waals surface area contributed by atoms with Crippen molar-refractivity contribution in [2.24, 2.45) is 0 Å². The van der Waals surface area contributed by atoms with E-state index < -0.39 is 6.09 Å². The molecule has 120 valence electrons. The van der Waals surface area contributed by atoms with Gasteiger partial charge in [-0.3, -0.25) is 4.79 Å². The van der Waals surface area contributed by atoms with E-state index in [4.69, 9.17) is 5.11 Å². The number of carboxylic acid groups (broad SMARTS) is 1. The lowest BCUT2D eigenvalue weighted by molar-refractivity contribution is 0.102. The fourth-order valence-electron chi connectivity index (χ4n) is 2.61. The Morgan fingerprint density at radius 2 is 1.91 bits per heavy atom. The zero-order valence-corrected chi connectivity index (χ0v) is 13.3. The summed E-state index contributed by atoms with van der Waals surface area (Å²) in [6.07, 6.45) is 0.629. The lowest BCUT2D eigenvalue weighted by atomic mass is 9.98. The molecule has 0 unspecified atom stereocenters. The summed E-state index contributed by atoms with van der Waals surface area (Å²) in [6.45, 7) is 1.04. The molecule has 1 saturated heterocycles. The minimum Gasteiger partial charge on any atom is -0.465 e. The molecule has 3 rings (SSSR count). The van der Waals surface area contributed by atoms with Crippen molar-refractivity contribution < 1.29 is 14.7 Å². The van der Waals surface area contributed by atoms with Crippen molar-refractivity contribution in [2.45, 2.75) is 18.8 Å². The van der Waals surface area contributed by atoms with Gasteiger partial charge >= 0.3 is 6.09 Å². The summed E-state index contributed by atoms with van der Waals surface area (Å²) in [5, 5.41) is 14.5. The number of nitrogens with zero attached hydrogens (tertiary/aromatic N) is 2. The molecule has 2 heterocycles. The Morgan fingerprint density at radius 3 is 2.57 bits per heavy atom. The lowest BCUT2D eigenvalue weighted by Gasteiger charge is -2.28. The molecule has 0 bridgehead atoms. The zero-order chi connectivity index (χ0) is 16.2. The number of rotatable bonds is 3. The van der Waals surface area contributed by atoms with Crippen LogP contribution in [0.1, 0.15) is 34.3 Å². The molecule has 2 N–H and O–H groups in total. The summed E-state index contributed by atoms with van der Waals surface area (Å²) < 4.78 is 0. The number of piperidine rings is 1. The third-order valence-corrected chi connectivity index (χ3v) is 4.91. The van der Waals surface area contributed by atoms with E-state index in [1.807, 2.05) is 30.3 Å². The second kappa shape index (κ2) is 6.78. The van der Waals surface area contributed by atoms with Gasteiger partial charge in [0.1, 0.15) is 5.69 Å². The van der Waals surface area contributed by atoms with Crippen LogP contribution in [-0.4, -0.2) is 40.1 Å². The lowest BCUT2D eigenvalue weighted by Crippen LogP contribution is -2.36. The fraction of sp³-hybridized carbons (Fsp3) is 0.312. The van der Waals surface area contributed by atoms with Crippen LogP contribution in [0, 0.1) is 0 Å². The molecule has 23 heavy (non-hydrogen) atoms. The number of hydrogen-bond donors (Lipinski definition) is 2. The van der Waals surface area contributed by atoms with Crippen LogP contribution < -0.4 is 5.32 Å². The van der Waals surface area contributed by atoms with Gasteiger partial charge in [-0.05, 0) is 25.0 Å². The van der Waals surface area contributed by atoms with Crippen LogP contribution in [0.5, 0.6) is 0 Å². The zero-order valence-electron chi connectivity index (χ0n) is 12.4. The third-order valence-electron chi connectivity index (χ3n) is 3.90. The summed E-state index contributed by atoms with van der Waals surface area (Å²) in [7, 11) is 0. The third kappa shape index (κ3) is 3.68.